The lowest BCUT2D eigenvalue weighted by Crippen LogP contribution is -2.31. The number of para-hydroxylation sites is 2. The van der Waals surface area contributed by atoms with Gasteiger partial charge in [0, 0.05) is 32.0 Å². The summed E-state index contributed by atoms with van der Waals surface area (Å²) in [6.45, 7) is 19.3. The number of imidazole rings is 1. The molecule has 60 heavy (non-hydrogen) atoms. The van der Waals surface area contributed by atoms with E-state index < -0.39 is 11.8 Å². The molecule has 6 heteroatoms. The van der Waals surface area contributed by atoms with Crippen molar-refractivity contribution >= 4 is 32.8 Å². The standard InChI is InChI=1S/C54H53N5O/c1-52(2,3)32-36-23-24-56-51(25-36)59-47-22-19-38(37-15-11-10-12-16-37)26-46(47)45-21-20-43(31-50(45)59)60-44-30-42(33-55-34-44)58-35-57(48-17-13-14-18-49(48)58)41-28-39(53(4,5)6)27-40(29-41)54(7,8)9/h10-31,33-34H,32H2,1-9H3/i32D2. The van der Waals surface area contributed by atoms with Gasteiger partial charge < -0.3 is 4.74 Å². The average Bonchev–Trinajstić information content (AvgIpc) is 3.79. The number of aromatic nitrogens is 5. The minimum absolute atomic E-state index is 0.0321. The van der Waals surface area contributed by atoms with Crippen LogP contribution in [-0.2, 0) is 17.2 Å². The molecule has 0 aliphatic rings. The van der Waals surface area contributed by atoms with Gasteiger partial charge in [0.05, 0.1) is 39.6 Å². The largest absolute Gasteiger partial charge is 0.456 e. The van der Waals surface area contributed by atoms with E-state index in [9.17, 15) is 0 Å². The second-order valence-corrected chi connectivity index (χ2v) is 18.9. The van der Waals surface area contributed by atoms with E-state index in [4.69, 9.17) is 12.5 Å². The van der Waals surface area contributed by atoms with Crippen molar-refractivity contribution in [3.63, 3.8) is 0 Å². The number of benzene rings is 5. The number of hydrogen-bond donors (Lipinski definition) is 0. The highest BCUT2D eigenvalue weighted by atomic mass is 16.5. The van der Waals surface area contributed by atoms with Gasteiger partial charge in [-0.3, -0.25) is 18.7 Å². The third kappa shape index (κ3) is 7.59. The Bertz CT molecular complexity index is 3110. The lowest BCUT2D eigenvalue weighted by molar-refractivity contribution is -0.572. The second-order valence-electron chi connectivity index (χ2n) is 18.9. The van der Waals surface area contributed by atoms with Crippen LogP contribution in [0.5, 0.6) is 11.5 Å². The van der Waals surface area contributed by atoms with Crippen LogP contribution in [0.15, 0.2) is 146 Å². The molecule has 4 heterocycles. The maximum Gasteiger partial charge on any atom is 0.269 e. The van der Waals surface area contributed by atoms with Crippen LogP contribution >= 0.6 is 0 Å². The summed E-state index contributed by atoms with van der Waals surface area (Å²) in [6.07, 6.45) is 7.36. The predicted octanol–water partition coefficient (Wildman–Crippen LogP) is 13.2. The lowest BCUT2D eigenvalue weighted by atomic mass is 9.80. The van der Waals surface area contributed by atoms with Gasteiger partial charge in [-0.2, -0.15) is 0 Å². The minimum atomic E-state index is -1.59. The first-order chi connectivity index (χ1) is 29.4. The first-order valence-electron chi connectivity index (χ1n) is 21.7. The van der Waals surface area contributed by atoms with Crippen molar-refractivity contribution in [2.24, 2.45) is 5.41 Å². The first kappa shape index (κ1) is 36.5. The van der Waals surface area contributed by atoms with Crippen LogP contribution in [0, 0.1) is 11.7 Å². The van der Waals surface area contributed by atoms with Gasteiger partial charge in [0.25, 0.3) is 6.33 Å². The zero-order valence-electron chi connectivity index (χ0n) is 38.0. The number of fused-ring (bicyclic) bond motifs is 4. The van der Waals surface area contributed by atoms with Crippen molar-refractivity contribution in [2.75, 3.05) is 0 Å². The Kier molecular flexibility index (Phi) is 8.91. The monoisotopic (exact) mass is 789 g/mol. The number of pyridine rings is 2. The molecule has 0 fully saturated rings. The van der Waals surface area contributed by atoms with Crippen LogP contribution < -0.4 is 9.30 Å². The van der Waals surface area contributed by atoms with Crippen molar-refractivity contribution in [2.45, 2.75) is 79.5 Å². The molecule has 9 aromatic rings. The molecule has 0 unspecified atom stereocenters. The minimum Gasteiger partial charge on any atom is -0.456 e. The van der Waals surface area contributed by atoms with E-state index >= 15 is 0 Å². The fraction of sp³-hybridized carbons (Fsp3) is 0.241. The van der Waals surface area contributed by atoms with Gasteiger partial charge in [0.2, 0.25) is 0 Å². The molecular weight excluding hydrogens is 735 g/mol. The van der Waals surface area contributed by atoms with Gasteiger partial charge in [0.1, 0.15) is 17.3 Å². The third-order valence-corrected chi connectivity index (χ3v) is 11.0. The van der Waals surface area contributed by atoms with E-state index in [0.29, 0.717) is 22.9 Å². The van der Waals surface area contributed by atoms with Crippen LogP contribution in [0.2, 0.25) is 0 Å². The van der Waals surface area contributed by atoms with Crippen LogP contribution in [0.4, 0.5) is 0 Å². The Morgan fingerprint density at radius 1 is 0.633 bits per heavy atom. The summed E-state index contributed by atoms with van der Waals surface area (Å²) in [6, 6.07) is 43.9. The molecule has 0 amide bonds. The molecule has 0 spiro atoms. The Morgan fingerprint density at radius 3 is 2.10 bits per heavy atom. The summed E-state index contributed by atoms with van der Waals surface area (Å²) < 4.78 is 31.1. The summed E-state index contributed by atoms with van der Waals surface area (Å²) in [5.74, 6) is 1.85. The molecule has 0 saturated carbocycles. The molecule has 9 rings (SSSR count). The SMILES string of the molecule is [2H]C([2H])(c1ccnc(-n2c3ccc(-c4ccccc4)cc3c3ccc(Oc4cncc(-n5[c-][n+](-c6cc(C(C)(C)C)cc(C(C)(C)C)c6)c6ccccc65)c4)cc32)c1)C(C)(C)C. The average molecular weight is 790 g/mol. The molecule has 0 saturated heterocycles. The van der Waals surface area contributed by atoms with Crippen molar-refractivity contribution in [3.05, 3.63) is 169 Å². The van der Waals surface area contributed by atoms with Crippen LogP contribution in [0.25, 0.3) is 61.2 Å². The summed E-state index contributed by atoms with van der Waals surface area (Å²) in [7, 11) is 0. The number of nitrogens with zero attached hydrogens (tertiary/aromatic N) is 5. The molecule has 4 aromatic heterocycles. The molecule has 0 radical (unpaired) electrons. The molecule has 0 atom stereocenters. The maximum absolute atomic E-state index is 9.08. The summed E-state index contributed by atoms with van der Waals surface area (Å²) in [5, 5.41) is 2.10. The summed E-state index contributed by atoms with van der Waals surface area (Å²) >= 11 is 0. The molecule has 6 nitrogen and oxygen atoms in total. The van der Waals surface area contributed by atoms with E-state index in [1.807, 2.05) is 57.3 Å². The molecule has 0 bridgehead atoms. The topological polar surface area (TPSA) is 48.8 Å². The van der Waals surface area contributed by atoms with Crippen LogP contribution in [0.3, 0.4) is 0 Å². The highest BCUT2D eigenvalue weighted by molar-refractivity contribution is 6.10. The zero-order chi connectivity index (χ0) is 43.8. The summed E-state index contributed by atoms with van der Waals surface area (Å²) in [4.78, 5) is 9.50. The quantitative estimate of drug-likeness (QED) is 0.119. The molecule has 0 N–H and O–H groups in total. The van der Waals surface area contributed by atoms with Gasteiger partial charge in [-0.1, -0.05) is 129 Å². The van der Waals surface area contributed by atoms with Crippen LogP contribution in [0.1, 0.15) is 81.7 Å². The van der Waals surface area contributed by atoms with E-state index in [-0.39, 0.29) is 10.8 Å². The van der Waals surface area contributed by atoms with Gasteiger partial charge in [0.15, 0.2) is 0 Å². The fourth-order valence-electron chi connectivity index (χ4n) is 7.94. The van der Waals surface area contributed by atoms with Gasteiger partial charge in [-0.05, 0) is 105 Å². The van der Waals surface area contributed by atoms with Crippen molar-refractivity contribution < 1.29 is 12.0 Å². The number of hydrogen-bond acceptors (Lipinski definition) is 3. The first-order valence-corrected chi connectivity index (χ1v) is 20.7. The molecule has 0 aliphatic carbocycles. The highest BCUT2D eigenvalue weighted by Gasteiger charge is 2.23. The van der Waals surface area contributed by atoms with Gasteiger partial charge >= 0.3 is 0 Å². The molecular formula is C54H53N5O. The van der Waals surface area contributed by atoms with Crippen molar-refractivity contribution in [3.8, 4) is 39.8 Å². The van der Waals surface area contributed by atoms with E-state index in [2.05, 4.69) is 158 Å². The maximum atomic E-state index is 9.08. The normalized spacial score (nSPS) is 13.2. The Labute approximate surface area is 356 Å². The van der Waals surface area contributed by atoms with Crippen molar-refractivity contribution in [1.29, 1.82) is 0 Å². The number of ether oxygens (including phenoxy) is 1. The smallest absolute Gasteiger partial charge is 0.269 e. The van der Waals surface area contributed by atoms with Gasteiger partial charge in [-0.15, -0.1) is 0 Å². The lowest BCUT2D eigenvalue weighted by Gasteiger charge is -2.26. The fourth-order valence-corrected chi connectivity index (χ4v) is 7.94. The van der Waals surface area contributed by atoms with E-state index in [1.54, 1.807) is 18.5 Å². The van der Waals surface area contributed by atoms with Gasteiger partial charge in [-0.25, -0.2) is 4.98 Å². The molecule has 300 valence electrons. The second kappa shape index (κ2) is 14.6. The Balaban J connectivity index is 1.15. The Morgan fingerprint density at radius 2 is 1.37 bits per heavy atom. The summed E-state index contributed by atoms with van der Waals surface area (Å²) in [5.41, 5.74) is 10.4. The van der Waals surface area contributed by atoms with E-state index in [1.165, 1.54) is 11.1 Å². The zero-order valence-corrected chi connectivity index (χ0v) is 36.0. The van der Waals surface area contributed by atoms with E-state index in [0.717, 1.165) is 55.3 Å². The highest BCUT2D eigenvalue weighted by Crippen LogP contribution is 2.38. The van der Waals surface area contributed by atoms with Crippen LogP contribution in [-0.4, -0.2) is 19.1 Å². The molecule has 0 aliphatic heterocycles. The Hall–Kier alpha value is -6.53. The predicted molar refractivity (Wildman–Crippen MR) is 246 cm³/mol. The third-order valence-electron chi connectivity index (χ3n) is 11.0. The molecule has 5 aromatic carbocycles. The van der Waals surface area contributed by atoms with Crippen molar-refractivity contribution in [1.82, 2.24) is 19.1 Å². The number of rotatable bonds is 7.